The van der Waals surface area contributed by atoms with Gasteiger partial charge >= 0.3 is 0 Å². The van der Waals surface area contributed by atoms with Gasteiger partial charge in [-0.05, 0) is 42.6 Å². The number of rotatable bonds is 4. The minimum Gasteiger partial charge on any atom is -0.378 e. The van der Waals surface area contributed by atoms with Crippen molar-refractivity contribution in [2.75, 3.05) is 6.54 Å². The van der Waals surface area contributed by atoms with Crippen molar-refractivity contribution < 1.29 is 9.90 Å². The third kappa shape index (κ3) is 3.43. The van der Waals surface area contributed by atoms with Crippen LogP contribution in [0.25, 0.3) is 0 Å². The minimum absolute atomic E-state index is 0.350. The van der Waals surface area contributed by atoms with Gasteiger partial charge in [0.25, 0.3) is 5.91 Å². The number of aliphatic hydroxyl groups is 1. The number of aromatic nitrogens is 1. The van der Waals surface area contributed by atoms with Gasteiger partial charge in [-0.25, -0.2) is 0 Å². The van der Waals surface area contributed by atoms with Gasteiger partial charge in [0.1, 0.15) is 0 Å². The molecule has 1 aromatic carbocycles. The maximum Gasteiger partial charge on any atom is 0.253 e. The fraction of sp³-hybridized carbons (Fsp3) is 0.333. The third-order valence-corrected chi connectivity index (χ3v) is 4.70. The lowest BCUT2D eigenvalue weighted by Gasteiger charge is -2.22. The average molecular weight is 346 g/mol. The molecule has 6 heteroatoms. The quantitative estimate of drug-likeness (QED) is 0.792. The number of hydrogen-bond acceptors (Lipinski definition) is 4. The van der Waals surface area contributed by atoms with Crippen LogP contribution in [0.5, 0.6) is 0 Å². The molecular weight excluding hydrogens is 326 g/mol. The van der Waals surface area contributed by atoms with Crippen LogP contribution in [0.2, 0.25) is 5.02 Å². The zero-order valence-electron chi connectivity index (χ0n) is 13.5. The topological polar surface area (TPSA) is 74.2 Å². The molecule has 2 aromatic rings. The van der Waals surface area contributed by atoms with Gasteiger partial charge < -0.3 is 15.7 Å². The smallest absolute Gasteiger partial charge is 0.253 e. The second kappa shape index (κ2) is 7.30. The van der Waals surface area contributed by atoms with Crippen LogP contribution in [0, 0.1) is 6.92 Å². The Morgan fingerprint density at radius 2 is 2.25 bits per heavy atom. The van der Waals surface area contributed by atoms with Crippen LogP contribution < -0.4 is 10.6 Å². The van der Waals surface area contributed by atoms with Crippen LogP contribution in [0.1, 0.15) is 34.1 Å². The maximum absolute atomic E-state index is 12.3. The molecule has 0 fully saturated rings. The second-order valence-corrected chi connectivity index (χ2v) is 6.30. The van der Waals surface area contributed by atoms with Crippen LogP contribution in [-0.2, 0) is 24.3 Å². The van der Waals surface area contributed by atoms with Crippen molar-refractivity contribution in [3.05, 3.63) is 63.4 Å². The average Bonchev–Trinajstić information content (AvgIpc) is 2.60. The van der Waals surface area contributed by atoms with E-state index in [-0.39, 0.29) is 0 Å². The van der Waals surface area contributed by atoms with Crippen molar-refractivity contribution in [3.63, 3.8) is 0 Å². The molecule has 126 valence electrons. The molecule has 3 N–H and O–H groups in total. The van der Waals surface area contributed by atoms with Gasteiger partial charge in [-0.1, -0.05) is 29.8 Å². The number of carbonyl (C=O) groups is 1. The number of nitrogens with zero attached hydrogens (tertiary/aromatic N) is 1. The number of fused-ring (bicyclic) bond motifs is 1. The van der Waals surface area contributed by atoms with Gasteiger partial charge in [0.2, 0.25) is 0 Å². The summed E-state index contributed by atoms with van der Waals surface area (Å²) in [5.74, 6) is -0.464. The van der Waals surface area contributed by atoms with Gasteiger partial charge in [-0.2, -0.15) is 0 Å². The molecule has 1 aliphatic heterocycles. The number of halogens is 1. The van der Waals surface area contributed by atoms with E-state index in [0.717, 1.165) is 30.8 Å². The molecule has 3 rings (SSSR count). The summed E-state index contributed by atoms with van der Waals surface area (Å²) in [7, 11) is 0. The predicted molar refractivity (Wildman–Crippen MR) is 92.6 cm³/mol. The van der Waals surface area contributed by atoms with Gasteiger partial charge in [-0.15, -0.1) is 0 Å². The first-order chi connectivity index (χ1) is 11.6. The van der Waals surface area contributed by atoms with Crippen molar-refractivity contribution in [2.45, 2.75) is 32.5 Å². The van der Waals surface area contributed by atoms with Crippen LogP contribution in [-0.4, -0.2) is 22.5 Å². The molecule has 0 saturated heterocycles. The first kappa shape index (κ1) is 16.9. The van der Waals surface area contributed by atoms with Gasteiger partial charge in [-0.3, -0.25) is 9.78 Å². The number of hydrogen-bond donors (Lipinski definition) is 3. The summed E-state index contributed by atoms with van der Waals surface area (Å²) < 4.78 is 0. The predicted octanol–water partition coefficient (Wildman–Crippen LogP) is 2.04. The molecule has 1 amide bonds. The van der Waals surface area contributed by atoms with Crippen molar-refractivity contribution >= 4 is 17.5 Å². The maximum atomic E-state index is 12.3. The SMILES string of the molecule is Cc1ncc2c(c1CNC(=O)[C@H](O)c1ccccc1Cl)CCNC2. The zero-order valence-corrected chi connectivity index (χ0v) is 14.2. The summed E-state index contributed by atoms with van der Waals surface area (Å²) in [5.41, 5.74) is 4.76. The van der Waals surface area contributed by atoms with Crippen molar-refractivity contribution in [1.29, 1.82) is 0 Å². The number of benzene rings is 1. The molecule has 0 unspecified atom stereocenters. The van der Waals surface area contributed by atoms with Crippen molar-refractivity contribution in [1.82, 2.24) is 15.6 Å². The highest BCUT2D eigenvalue weighted by molar-refractivity contribution is 6.31. The van der Waals surface area contributed by atoms with Gasteiger partial charge in [0.05, 0.1) is 0 Å². The van der Waals surface area contributed by atoms with Crippen molar-refractivity contribution in [2.24, 2.45) is 0 Å². The van der Waals surface area contributed by atoms with E-state index in [1.54, 1.807) is 24.3 Å². The molecule has 1 atom stereocenters. The van der Waals surface area contributed by atoms with Gasteiger partial charge in [0, 0.05) is 35.6 Å². The molecule has 0 aliphatic carbocycles. The Morgan fingerprint density at radius 1 is 1.46 bits per heavy atom. The monoisotopic (exact) mass is 345 g/mol. The highest BCUT2D eigenvalue weighted by Gasteiger charge is 2.21. The Bertz CT molecular complexity index is 764. The van der Waals surface area contributed by atoms with Crippen LogP contribution in [0.4, 0.5) is 0 Å². The molecule has 0 spiro atoms. The second-order valence-electron chi connectivity index (χ2n) is 5.89. The standard InChI is InChI=1S/C18H20ClN3O2/c1-11-15(13-6-7-20-8-12(13)9-21-11)10-22-18(24)17(23)14-4-2-3-5-16(14)19/h2-5,9,17,20,23H,6-8,10H2,1H3,(H,22,24)/t17-/m1/s1. The molecule has 5 nitrogen and oxygen atoms in total. The number of carbonyl (C=O) groups excluding carboxylic acids is 1. The van der Waals surface area contributed by atoms with E-state index >= 15 is 0 Å². The molecule has 0 radical (unpaired) electrons. The van der Waals surface area contributed by atoms with Crippen molar-refractivity contribution in [3.8, 4) is 0 Å². The lowest BCUT2D eigenvalue weighted by atomic mass is 9.96. The summed E-state index contributed by atoms with van der Waals surface area (Å²) in [4.78, 5) is 16.7. The molecule has 24 heavy (non-hydrogen) atoms. The summed E-state index contributed by atoms with van der Waals surface area (Å²) in [5, 5.41) is 16.7. The number of nitrogens with one attached hydrogen (secondary N) is 2. The Kier molecular flexibility index (Phi) is 5.14. The van der Waals surface area contributed by atoms with E-state index < -0.39 is 12.0 Å². The van der Waals surface area contributed by atoms with E-state index in [1.165, 1.54) is 11.1 Å². The first-order valence-electron chi connectivity index (χ1n) is 7.95. The van der Waals surface area contributed by atoms with E-state index in [2.05, 4.69) is 15.6 Å². The van der Waals surface area contributed by atoms with E-state index in [1.807, 2.05) is 13.1 Å². The Hall–Kier alpha value is -1.95. The third-order valence-electron chi connectivity index (χ3n) is 4.36. The van der Waals surface area contributed by atoms with Crippen LogP contribution >= 0.6 is 11.6 Å². The number of amides is 1. The highest BCUT2D eigenvalue weighted by atomic mass is 35.5. The Morgan fingerprint density at radius 3 is 3.04 bits per heavy atom. The van der Waals surface area contributed by atoms with Gasteiger partial charge in [0.15, 0.2) is 6.10 Å². The normalized spacial score (nSPS) is 14.8. The summed E-state index contributed by atoms with van der Waals surface area (Å²) in [6, 6.07) is 6.81. The van der Waals surface area contributed by atoms with Crippen LogP contribution in [0.15, 0.2) is 30.5 Å². The molecule has 0 saturated carbocycles. The summed E-state index contributed by atoms with van der Waals surface area (Å²) >= 11 is 6.04. The number of pyridine rings is 1. The Labute approximate surface area is 146 Å². The molecule has 0 bridgehead atoms. The molecule has 1 aliphatic rings. The summed E-state index contributed by atoms with van der Waals surface area (Å²) in [6.45, 7) is 4.00. The molecule has 1 aromatic heterocycles. The highest BCUT2D eigenvalue weighted by Crippen LogP contribution is 2.24. The lowest BCUT2D eigenvalue weighted by molar-refractivity contribution is -0.129. The number of aryl methyl sites for hydroxylation is 1. The largest absolute Gasteiger partial charge is 0.378 e. The fourth-order valence-corrected chi connectivity index (χ4v) is 3.23. The lowest BCUT2D eigenvalue weighted by Crippen LogP contribution is -2.31. The summed E-state index contributed by atoms with van der Waals surface area (Å²) in [6.07, 6.45) is 1.52. The number of aliphatic hydroxyl groups excluding tert-OH is 1. The van der Waals surface area contributed by atoms with E-state index in [0.29, 0.717) is 17.1 Å². The zero-order chi connectivity index (χ0) is 17.1. The molecular formula is C18H20ClN3O2. The van der Waals surface area contributed by atoms with E-state index in [9.17, 15) is 9.90 Å². The van der Waals surface area contributed by atoms with E-state index in [4.69, 9.17) is 11.6 Å². The fourth-order valence-electron chi connectivity index (χ4n) is 2.99. The molecule has 2 heterocycles. The first-order valence-corrected chi connectivity index (χ1v) is 8.33. The van der Waals surface area contributed by atoms with Crippen LogP contribution in [0.3, 0.4) is 0 Å². The Balaban J connectivity index is 1.74. The minimum atomic E-state index is -1.28.